The maximum atomic E-state index is 10.7. The highest BCUT2D eigenvalue weighted by Gasteiger charge is 2.26. The average molecular weight is 534 g/mol. The van der Waals surface area contributed by atoms with Crippen molar-refractivity contribution in [3.8, 4) is 0 Å². The van der Waals surface area contributed by atoms with Gasteiger partial charge in [-0.05, 0) is 35.4 Å². The van der Waals surface area contributed by atoms with Gasteiger partial charge in [0.2, 0.25) is 0 Å². The standard InChI is InChI=1S/C27H27Cl3N2O3/c28-22-8-4-7-20(11-22)14-32(15-23(33)18-34-17-19-5-2-1-3-6-19)16-24-13-27(31-35-24)21-9-10-25(29)26(30)12-21/h1-12,23-24,33H,13-18H2/t23-,24+/m1/s1. The smallest absolute Gasteiger partial charge is 0.145 e. The lowest BCUT2D eigenvalue weighted by atomic mass is 10.0. The highest BCUT2D eigenvalue weighted by molar-refractivity contribution is 6.42. The first-order valence-corrected chi connectivity index (χ1v) is 12.5. The number of benzene rings is 3. The zero-order valence-electron chi connectivity index (χ0n) is 19.1. The van der Waals surface area contributed by atoms with E-state index in [1.54, 1.807) is 12.1 Å². The number of oxime groups is 1. The Labute approximate surface area is 220 Å². The van der Waals surface area contributed by atoms with Crippen molar-refractivity contribution >= 4 is 40.5 Å². The number of hydrogen-bond donors (Lipinski definition) is 1. The molecule has 5 nitrogen and oxygen atoms in total. The van der Waals surface area contributed by atoms with Crippen molar-refractivity contribution in [2.24, 2.45) is 5.16 Å². The molecule has 1 aliphatic rings. The van der Waals surface area contributed by atoms with E-state index in [2.05, 4.69) is 10.1 Å². The monoisotopic (exact) mass is 532 g/mol. The minimum atomic E-state index is -0.658. The minimum absolute atomic E-state index is 0.156. The Morgan fingerprint density at radius 2 is 1.77 bits per heavy atom. The molecule has 8 heteroatoms. The fourth-order valence-electron chi connectivity index (χ4n) is 4.00. The summed E-state index contributed by atoms with van der Waals surface area (Å²) in [6.07, 6.45) is -0.184. The number of hydrogen-bond acceptors (Lipinski definition) is 5. The lowest BCUT2D eigenvalue weighted by Gasteiger charge is -2.27. The molecule has 0 unspecified atom stereocenters. The molecule has 3 aromatic carbocycles. The highest BCUT2D eigenvalue weighted by Crippen LogP contribution is 2.26. The molecule has 35 heavy (non-hydrogen) atoms. The molecule has 1 heterocycles. The molecule has 0 aromatic heterocycles. The van der Waals surface area contributed by atoms with Gasteiger partial charge in [0.1, 0.15) is 6.10 Å². The van der Waals surface area contributed by atoms with Crippen LogP contribution in [-0.2, 0) is 22.7 Å². The number of aliphatic hydroxyl groups excluding tert-OH is 1. The zero-order valence-corrected chi connectivity index (χ0v) is 21.4. The Morgan fingerprint density at radius 3 is 2.54 bits per heavy atom. The molecule has 0 fully saturated rings. The highest BCUT2D eigenvalue weighted by atomic mass is 35.5. The van der Waals surface area contributed by atoms with Crippen molar-refractivity contribution in [2.45, 2.75) is 31.8 Å². The molecule has 4 rings (SSSR count). The average Bonchev–Trinajstić information content (AvgIpc) is 3.30. The summed E-state index contributed by atoms with van der Waals surface area (Å²) in [5, 5.41) is 16.6. The van der Waals surface area contributed by atoms with Crippen molar-refractivity contribution in [3.05, 3.63) is 105 Å². The molecular weight excluding hydrogens is 507 g/mol. The molecular formula is C27H27Cl3N2O3. The molecule has 1 N–H and O–H groups in total. The van der Waals surface area contributed by atoms with Crippen LogP contribution in [-0.4, -0.2) is 47.6 Å². The van der Waals surface area contributed by atoms with Gasteiger partial charge in [0, 0.05) is 36.6 Å². The van der Waals surface area contributed by atoms with Crippen molar-refractivity contribution in [1.82, 2.24) is 4.90 Å². The van der Waals surface area contributed by atoms with Gasteiger partial charge in [0.15, 0.2) is 0 Å². The second-order valence-corrected chi connectivity index (χ2v) is 9.83. The van der Waals surface area contributed by atoms with Crippen LogP contribution >= 0.6 is 34.8 Å². The van der Waals surface area contributed by atoms with Gasteiger partial charge in [0.25, 0.3) is 0 Å². The number of ether oxygens (including phenoxy) is 1. The van der Waals surface area contributed by atoms with Gasteiger partial charge >= 0.3 is 0 Å². The summed E-state index contributed by atoms with van der Waals surface area (Å²) in [7, 11) is 0. The van der Waals surface area contributed by atoms with Crippen molar-refractivity contribution in [2.75, 3.05) is 19.7 Å². The number of rotatable bonds is 11. The van der Waals surface area contributed by atoms with Gasteiger partial charge in [0.05, 0.1) is 35.1 Å². The van der Waals surface area contributed by atoms with Gasteiger partial charge < -0.3 is 14.7 Å². The Balaban J connectivity index is 1.35. The maximum Gasteiger partial charge on any atom is 0.145 e. The van der Waals surface area contributed by atoms with Crippen molar-refractivity contribution in [1.29, 1.82) is 0 Å². The van der Waals surface area contributed by atoms with Crippen LogP contribution in [0, 0.1) is 0 Å². The summed E-state index contributed by atoms with van der Waals surface area (Å²) >= 11 is 18.4. The van der Waals surface area contributed by atoms with Crippen LogP contribution in [0.2, 0.25) is 15.1 Å². The van der Waals surface area contributed by atoms with E-state index in [9.17, 15) is 5.11 Å². The molecule has 1 aliphatic heterocycles. The molecule has 184 valence electrons. The van der Waals surface area contributed by atoms with E-state index in [1.807, 2.05) is 60.7 Å². The number of aliphatic hydroxyl groups is 1. The molecule has 0 saturated heterocycles. The zero-order chi connectivity index (χ0) is 24.6. The van der Waals surface area contributed by atoms with Gasteiger partial charge in [-0.3, -0.25) is 4.90 Å². The van der Waals surface area contributed by atoms with Crippen LogP contribution in [0.5, 0.6) is 0 Å². The molecule has 0 spiro atoms. The lowest BCUT2D eigenvalue weighted by molar-refractivity contribution is -0.00648. The van der Waals surface area contributed by atoms with E-state index in [-0.39, 0.29) is 12.7 Å². The van der Waals surface area contributed by atoms with E-state index in [1.165, 1.54) is 0 Å². The fourth-order valence-corrected chi connectivity index (χ4v) is 4.51. The van der Waals surface area contributed by atoms with Gasteiger partial charge in [-0.1, -0.05) is 88.5 Å². The second kappa shape index (κ2) is 12.7. The molecule has 2 atom stereocenters. The summed E-state index contributed by atoms with van der Waals surface area (Å²) in [5.74, 6) is 0. The van der Waals surface area contributed by atoms with E-state index >= 15 is 0 Å². The van der Waals surface area contributed by atoms with E-state index in [4.69, 9.17) is 44.4 Å². The van der Waals surface area contributed by atoms with E-state index in [0.29, 0.717) is 47.7 Å². The molecule has 0 saturated carbocycles. The Hall–Kier alpha value is -2.12. The summed E-state index contributed by atoms with van der Waals surface area (Å²) in [4.78, 5) is 7.87. The van der Waals surface area contributed by atoms with Crippen molar-refractivity contribution in [3.63, 3.8) is 0 Å². The topological polar surface area (TPSA) is 54.3 Å². The van der Waals surface area contributed by atoms with Crippen LogP contribution in [0.25, 0.3) is 0 Å². The van der Waals surface area contributed by atoms with Crippen LogP contribution in [0.3, 0.4) is 0 Å². The molecule has 0 aliphatic carbocycles. The first-order valence-electron chi connectivity index (χ1n) is 11.4. The van der Waals surface area contributed by atoms with Crippen LogP contribution in [0.1, 0.15) is 23.1 Å². The molecule has 0 radical (unpaired) electrons. The van der Waals surface area contributed by atoms with Crippen molar-refractivity contribution < 1.29 is 14.7 Å². The molecule has 0 bridgehead atoms. The fraction of sp³-hybridized carbons (Fsp3) is 0.296. The quantitative estimate of drug-likeness (QED) is 0.318. The normalized spacial score (nSPS) is 16.3. The molecule has 3 aromatic rings. The third-order valence-electron chi connectivity index (χ3n) is 5.63. The largest absolute Gasteiger partial charge is 0.390 e. The Bertz CT molecular complexity index is 1140. The second-order valence-electron chi connectivity index (χ2n) is 8.58. The van der Waals surface area contributed by atoms with E-state index in [0.717, 1.165) is 22.4 Å². The third kappa shape index (κ3) is 7.94. The van der Waals surface area contributed by atoms with Gasteiger partial charge in [-0.2, -0.15) is 0 Å². The summed E-state index contributed by atoms with van der Waals surface area (Å²) in [6.45, 7) is 2.30. The van der Waals surface area contributed by atoms with Gasteiger partial charge in [-0.25, -0.2) is 0 Å². The molecule has 0 amide bonds. The summed E-state index contributed by atoms with van der Waals surface area (Å²) in [5.41, 5.74) is 3.83. The SMILES string of the molecule is O[C@@H](COCc1ccccc1)CN(Cc1cccc(Cl)c1)C[C@@H]1CC(c2ccc(Cl)c(Cl)c2)=NO1. The predicted molar refractivity (Wildman–Crippen MR) is 141 cm³/mol. The van der Waals surface area contributed by atoms with Crippen LogP contribution in [0.4, 0.5) is 0 Å². The Kier molecular flexibility index (Phi) is 9.44. The first-order chi connectivity index (χ1) is 17.0. The Morgan fingerprint density at radius 1 is 0.971 bits per heavy atom. The maximum absolute atomic E-state index is 10.7. The third-order valence-corrected chi connectivity index (χ3v) is 6.61. The number of halogens is 3. The summed E-state index contributed by atoms with van der Waals surface area (Å²) < 4.78 is 5.74. The van der Waals surface area contributed by atoms with Crippen LogP contribution < -0.4 is 0 Å². The first kappa shape index (κ1) is 26.0. The minimum Gasteiger partial charge on any atom is -0.390 e. The van der Waals surface area contributed by atoms with E-state index < -0.39 is 6.10 Å². The predicted octanol–water partition coefficient (Wildman–Crippen LogP) is 6.22. The van der Waals surface area contributed by atoms with Crippen LogP contribution in [0.15, 0.2) is 78.0 Å². The lowest BCUT2D eigenvalue weighted by Crippen LogP contribution is -2.39. The summed E-state index contributed by atoms with van der Waals surface area (Å²) in [6, 6.07) is 23.1. The number of nitrogens with zero attached hydrogens (tertiary/aromatic N) is 2. The van der Waals surface area contributed by atoms with Gasteiger partial charge in [-0.15, -0.1) is 0 Å².